The van der Waals surface area contributed by atoms with Crippen molar-refractivity contribution in [2.45, 2.75) is 32.2 Å². The van der Waals surface area contributed by atoms with Crippen LogP contribution in [0.25, 0.3) is 22.3 Å². The van der Waals surface area contributed by atoms with E-state index in [1.54, 1.807) is 18.3 Å². The first-order chi connectivity index (χ1) is 16.0. The summed E-state index contributed by atoms with van der Waals surface area (Å²) in [5.41, 5.74) is 10.2. The van der Waals surface area contributed by atoms with Gasteiger partial charge in [0.1, 0.15) is 23.7 Å². The number of nitrogens with one attached hydrogen (secondary N) is 2. The number of hydrogen-bond donors (Lipinski definition) is 3. The van der Waals surface area contributed by atoms with E-state index in [9.17, 15) is 4.79 Å². The molecule has 9 nitrogen and oxygen atoms in total. The average molecular weight is 443 g/mol. The van der Waals surface area contributed by atoms with E-state index < -0.39 is 0 Å². The third-order valence-electron chi connectivity index (χ3n) is 6.01. The molecule has 1 amide bonds. The highest BCUT2D eigenvalue weighted by atomic mass is 16.1. The molecule has 9 heteroatoms. The van der Waals surface area contributed by atoms with E-state index in [2.05, 4.69) is 39.4 Å². The maximum Gasteiger partial charge on any atom is 0.256 e. The number of carbonyl (C=O) groups excluding carboxylic acids is 1. The van der Waals surface area contributed by atoms with E-state index in [1.165, 1.54) is 6.33 Å². The first kappa shape index (κ1) is 21.0. The van der Waals surface area contributed by atoms with Crippen LogP contribution in [0.1, 0.15) is 48.1 Å². The normalized spacial score (nSPS) is 15.9. The van der Waals surface area contributed by atoms with Gasteiger partial charge < -0.3 is 16.4 Å². The number of hydrogen-bond acceptors (Lipinski definition) is 7. The van der Waals surface area contributed by atoms with E-state index in [-0.39, 0.29) is 11.9 Å². The van der Waals surface area contributed by atoms with Crippen molar-refractivity contribution in [1.82, 2.24) is 30.0 Å². The maximum absolute atomic E-state index is 12.8. The van der Waals surface area contributed by atoms with Gasteiger partial charge in [0.25, 0.3) is 5.91 Å². The Labute approximate surface area is 191 Å². The van der Waals surface area contributed by atoms with Crippen LogP contribution in [0, 0.1) is 0 Å². The second kappa shape index (κ2) is 8.59. The smallest absolute Gasteiger partial charge is 0.256 e. The second-order valence-electron chi connectivity index (χ2n) is 8.56. The zero-order chi connectivity index (χ0) is 22.9. The number of nitrogen functional groups attached to an aromatic ring is 1. The van der Waals surface area contributed by atoms with Gasteiger partial charge in [0.05, 0.1) is 11.4 Å². The van der Waals surface area contributed by atoms with Gasteiger partial charge in [0, 0.05) is 23.9 Å². The molecule has 4 N–H and O–H groups in total. The van der Waals surface area contributed by atoms with Crippen molar-refractivity contribution >= 4 is 28.6 Å². The summed E-state index contributed by atoms with van der Waals surface area (Å²) in [6.45, 7) is 5.99. The third-order valence-corrected chi connectivity index (χ3v) is 6.01. The van der Waals surface area contributed by atoms with Crippen LogP contribution in [0.15, 0.2) is 48.9 Å². The molecule has 1 atom stereocenters. The summed E-state index contributed by atoms with van der Waals surface area (Å²) in [5.74, 6) is 1.07. The Hall–Kier alpha value is -3.85. The van der Waals surface area contributed by atoms with Crippen molar-refractivity contribution in [2.75, 3.05) is 24.1 Å². The minimum atomic E-state index is -0.217. The number of rotatable bonds is 5. The van der Waals surface area contributed by atoms with Gasteiger partial charge in [-0.05, 0) is 48.7 Å². The maximum atomic E-state index is 12.8. The average Bonchev–Trinajstić information content (AvgIpc) is 3.48. The van der Waals surface area contributed by atoms with Crippen molar-refractivity contribution in [3.05, 3.63) is 60.0 Å². The predicted octanol–water partition coefficient (Wildman–Crippen LogP) is 3.38. The Morgan fingerprint density at radius 1 is 1.18 bits per heavy atom. The van der Waals surface area contributed by atoms with Gasteiger partial charge in [0.15, 0.2) is 5.65 Å². The van der Waals surface area contributed by atoms with E-state index in [0.717, 1.165) is 41.7 Å². The highest BCUT2D eigenvalue weighted by Gasteiger charge is 2.24. The zero-order valence-electron chi connectivity index (χ0n) is 18.6. The first-order valence-electron chi connectivity index (χ1n) is 11.1. The van der Waals surface area contributed by atoms with Crippen molar-refractivity contribution in [2.24, 2.45) is 0 Å². The van der Waals surface area contributed by atoms with Crippen LogP contribution in [-0.2, 0) is 0 Å². The number of nitrogens with zero attached hydrogens (tertiary/aromatic N) is 5. The number of nitrogens with two attached hydrogens (primary N) is 1. The number of carbonyl (C=O) groups is 1. The fraction of sp³-hybridized carbons (Fsp3) is 0.292. The van der Waals surface area contributed by atoms with E-state index in [1.807, 2.05) is 28.9 Å². The van der Waals surface area contributed by atoms with Gasteiger partial charge in [0.2, 0.25) is 0 Å². The van der Waals surface area contributed by atoms with E-state index >= 15 is 0 Å². The van der Waals surface area contributed by atoms with Crippen LogP contribution in [0.5, 0.6) is 0 Å². The lowest BCUT2D eigenvalue weighted by Crippen LogP contribution is -2.15. The molecular formula is C24H26N8O. The highest BCUT2D eigenvalue weighted by Crippen LogP contribution is 2.32. The molecule has 0 radical (unpaired) electrons. The molecule has 3 aromatic heterocycles. The first-order valence-corrected chi connectivity index (χ1v) is 11.1. The molecule has 1 aliphatic heterocycles. The number of benzene rings is 1. The van der Waals surface area contributed by atoms with Crippen LogP contribution in [0.3, 0.4) is 0 Å². The summed E-state index contributed by atoms with van der Waals surface area (Å²) >= 11 is 0. The van der Waals surface area contributed by atoms with Gasteiger partial charge >= 0.3 is 0 Å². The van der Waals surface area contributed by atoms with Gasteiger partial charge in [-0.1, -0.05) is 26.0 Å². The summed E-state index contributed by atoms with van der Waals surface area (Å²) in [4.78, 5) is 25.7. The molecule has 0 saturated carbocycles. The summed E-state index contributed by atoms with van der Waals surface area (Å²) < 4.78 is 1.94. The third kappa shape index (κ3) is 4.03. The SMILES string of the molecule is CC(C)c1ccnc(NC(=O)c2ccc(-c3nn(C4CCNC4)c4ncnc(N)c34)cc2)c1. The minimum absolute atomic E-state index is 0.217. The van der Waals surface area contributed by atoms with Crippen molar-refractivity contribution in [3.63, 3.8) is 0 Å². The highest BCUT2D eigenvalue weighted by molar-refractivity contribution is 6.04. The summed E-state index contributed by atoms with van der Waals surface area (Å²) in [5, 5.41) is 11.8. The van der Waals surface area contributed by atoms with Gasteiger partial charge in [-0.2, -0.15) is 5.10 Å². The number of amides is 1. The molecule has 1 unspecified atom stereocenters. The zero-order valence-corrected chi connectivity index (χ0v) is 18.6. The van der Waals surface area contributed by atoms with Gasteiger partial charge in [-0.3, -0.25) is 4.79 Å². The lowest BCUT2D eigenvalue weighted by molar-refractivity contribution is 0.102. The van der Waals surface area contributed by atoms with Crippen LogP contribution in [-0.4, -0.2) is 43.7 Å². The predicted molar refractivity (Wildman–Crippen MR) is 128 cm³/mol. The van der Waals surface area contributed by atoms with E-state index in [4.69, 9.17) is 10.8 Å². The number of anilines is 2. The topological polar surface area (TPSA) is 124 Å². The molecule has 4 aromatic rings. The molecule has 1 aliphatic rings. The number of aromatic nitrogens is 5. The van der Waals surface area contributed by atoms with Crippen molar-refractivity contribution < 1.29 is 4.79 Å². The molecule has 1 fully saturated rings. The van der Waals surface area contributed by atoms with Crippen LogP contribution in [0.2, 0.25) is 0 Å². The van der Waals surface area contributed by atoms with Crippen LogP contribution >= 0.6 is 0 Å². The lowest BCUT2D eigenvalue weighted by Gasteiger charge is -2.09. The fourth-order valence-corrected chi connectivity index (χ4v) is 4.14. The summed E-state index contributed by atoms with van der Waals surface area (Å²) in [6, 6.07) is 11.4. The largest absolute Gasteiger partial charge is 0.383 e. The van der Waals surface area contributed by atoms with Crippen LogP contribution in [0.4, 0.5) is 11.6 Å². The molecule has 0 spiro atoms. The molecule has 168 valence electrons. The quantitative estimate of drug-likeness (QED) is 0.433. The van der Waals surface area contributed by atoms with Gasteiger partial charge in [-0.25, -0.2) is 19.6 Å². The Morgan fingerprint density at radius 2 is 2.00 bits per heavy atom. The Morgan fingerprint density at radius 3 is 2.73 bits per heavy atom. The molecule has 5 rings (SSSR count). The summed E-state index contributed by atoms with van der Waals surface area (Å²) in [7, 11) is 0. The lowest BCUT2D eigenvalue weighted by atomic mass is 10.0. The molecule has 0 aliphatic carbocycles. The minimum Gasteiger partial charge on any atom is -0.383 e. The second-order valence-corrected chi connectivity index (χ2v) is 8.56. The summed E-state index contributed by atoms with van der Waals surface area (Å²) in [6.07, 6.45) is 4.16. The molecular weight excluding hydrogens is 416 g/mol. The van der Waals surface area contributed by atoms with Crippen molar-refractivity contribution in [3.8, 4) is 11.3 Å². The molecule has 1 saturated heterocycles. The molecule has 0 bridgehead atoms. The van der Waals surface area contributed by atoms with Crippen LogP contribution < -0.4 is 16.4 Å². The van der Waals surface area contributed by atoms with Gasteiger partial charge in [-0.15, -0.1) is 0 Å². The molecule has 33 heavy (non-hydrogen) atoms. The standard InChI is InChI=1S/C24H26N8O/c1-14(2)17-7-10-27-19(11-17)30-24(33)16-5-3-15(4-6-16)21-20-22(25)28-13-29-23(20)32(31-21)18-8-9-26-12-18/h3-7,10-11,13-14,18,26H,8-9,12H2,1-2H3,(H2,25,28,29)(H,27,30,33). The Balaban J connectivity index is 1.44. The van der Waals surface area contributed by atoms with Crippen molar-refractivity contribution in [1.29, 1.82) is 0 Å². The monoisotopic (exact) mass is 442 g/mol. The Kier molecular flexibility index (Phi) is 5.47. The molecule has 1 aromatic carbocycles. The number of pyridine rings is 1. The van der Waals surface area contributed by atoms with E-state index in [0.29, 0.717) is 28.8 Å². The Bertz CT molecular complexity index is 1310. The fourth-order valence-electron chi connectivity index (χ4n) is 4.14. The number of fused-ring (bicyclic) bond motifs is 1. The molecule has 4 heterocycles.